The highest BCUT2D eigenvalue weighted by molar-refractivity contribution is 9.10. The van der Waals surface area contributed by atoms with Crippen LogP contribution in [0.5, 0.6) is 0 Å². The van der Waals surface area contributed by atoms with E-state index in [1.807, 2.05) is 35.9 Å². The number of imidazole rings is 1. The number of aryl methyl sites for hydroxylation is 1. The van der Waals surface area contributed by atoms with Crippen LogP contribution in [0.25, 0.3) is 0 Å². The Kier molecular flexibility index (Phi) is 3.74. The predicted molar refractivity (Wildman–Crippen MR) is 74.2 cm³/mol. The summed E-state index contributed by atoms with van der Waals surface area (Å²) in [6.45, 7) is 0. The van der Waals surface area contributed by atoms with Gasteiger partial charge in [-0.25, -0.2) is 4.98 Å². The van der Waals surface area contributed by atoms with Gasteiger partial charge in [0.1, 0.15) is 4.60 Å². The van der Waals surface area contributed by atoms with Crippen molar-refractivity contribution in [3.8, 4) is 0 Å². The molecule has 2 N–H and O–H groups in total. The van der Waals surface area contributed by atoms with Crippen molar-refractivity contribution in [1.29, 1.82) is 0 Å². The molecule has 5 heteroatoms. The number of nitrogen functional groups attached to an aromatic ring is 1. The third-order valence-corrected chi connectivity index (χ3v) is 3.79. The average molecular weight is 315 g/mol. The Morgan fingerprint density at radius 2 is 2.06 bits per heavy atom. The molecule has 2 rings (SSSR count). The standard InChI is InChI=1S/C12H13BrClN3/c1-17-10(11(13)16-12(17)15)7-6-8-4-2-3-5-9(8)14/h2-5H,6-7H2,1H3,(H2,15,16). The van der Waals surface area contributed by atoms with E-state index in [1.54, 1.807) is 0 Å². The molecule has 3 nitrogen and oxygen atoms in total. The van der Waals surface area contributed by atoms with Gasteiger partial charge in [-0.3, -0.25) is 0 Å². The van der Waals surface area contributed by atoms with Crippen LogP contribution in [0.3, 0.4) is 0 Å². The molecule has 0 spiro atoms. The molecule has 1 aromatic carbocycles. The molecule has 0 amide bonds. The molecule has 0 fully saturated rings. The van der Waals surface area contributed by atoms with Crippen molar-refractivity contribution in [3.05, 3.63) is 45.1 Å². The van der Waals surface area contributed by atoms with E-state index in [2.05, 4.69) is 20.9 Å². The van der Waals surface area contributed by atoms with Gasteiger partial charge in [0.05, 0.1) is 5.69 Å². The smallest absolute Gasteiger partial charge is 0.201 e. The predicted octanol–water partition coefficient (Wildman–Crippen LogP) is 3.20. The van der Waals surface area contributed by atoms with E-state index in [1.165, 1.54) is 0 Å². The van der Waals surface area contributed by atoms with E-state index in [0.717, 1.165) is 33.7 Å². The van der Waals surface area contributed by atoms with Crippen LogP contribution in [0.4, 0.5) is 5.95 Å². The largest absolute Gasteiger partial charge is 0.369 e. The first-order chi connectivity index (χ1) is 8.09. The maximum absolute atomic E-state index is 6.12. The Hall–Kier alpha value is -1.00. The number of nitrogens with zero attached hydrogens (tertiary/aromatic N) is 2. The monoisotopic (exact) mass is 313 g/mol. The Morgan fingerprint density at radius 1 is 1.35 bits per heavy atom. The second-order valence-corrected chi connectivity index (χ2v) is 5.02. The molecular formula is C12H13BrClN3. The van der Waals surface area contributed by atoms with Gasteiger partial charge in [-0.05, 0) is 40.4 Å². The van der Waals surface area contributed by atoms with Crippen LogP contribution in [0.15, 0.2) is 28.9 Å². The quantitative estimate of drug-likeness (QED) is 0.945. The molecule has 17 heavy (non-hydrogen) atoms. The molecular weight excluding hydrogens is 302 g/mol. The first-order valence-electron chi connectivity index (χ1n) is 5.29. The molecule has 2 aromatic rings. The lowest BCUT2D eigenvalue weighted by Gasteiger charge is -2.06. The van der Waals surface area contributed by atoms with Crippen molar-refractivity contribution < 1.29 is 0 Å². The molecule has 0 unspecified atom stereocenters. The molecule has 90 valence electrons. The summed E-state index contributed by atoms with van der Waals surface area (Å²) < 4.78 is 2.70. The number of halogens is 2. The van der Waals surface area contributed by atoms with E-state index in [-0.39, 0.29) is 0 Å². The number of hydrogen-bond donors (Lipinski definition) is 1. The van der Waals surface area contributed by atoms with Crippen molar-refractivity contribution in [2.24, 2.45) is 7.05 Å². The van der Waals surface area contributed by atoms with Crippen LogP contribution in [-0.4, -0.2) is 9.55 Å². The molecule has 1 aromatic heterocycles. The fraction of sp³-hybridized carbons (Fsp3) is 0.250. The van der Waals surface area contributed by atoms with Gasteiger partial charge in [0, 0.05) is 12.1 Å². The summed E-state index contributed by atoms with van der Waals surface area (Å²) in [5, 5.41) is 0.804. The topological polar surface area (TPSA) is 43.8 Å². The Balaban J connectivity index is 2.15. The first-order valence-corrected chi connectivity index (χ1v) is 6.46. The third-order valence-electron chi connectivity index (χ3n) is 2.79. The fourth-order valence-electron chi connectivity index (χ4n) is 1.74. The zero-order valence-corrected chi connectivity index (χ0v) is 11.8. The van der Waals surface area contributed by atoms with Gasteiger partial charge in [-0.1, -0.05) is 29.8 Å². The number of anilines is 1. The van der Waals surface area contributed by atoms with E-state index in [0.29, 0.717) is 5.95 Å². The van der Waals surface area contributed by atoms with Gasteiger partial charge in [-0.15, -0.1) is 0 Å². The van der Waals surface area contributed by atoms with Crippen LogP contribution in [0.1, 0.15) is 11.3 Å². The zero-order valence-electron chi connectivity index (χ0n) is 9.45. The molecule has 0 saturated carbocycles. The lowest BCUT2D eigenvalue weighted by molar-refractivity contribution is 0.804. The van der Waals surface area contributed by atoms with Crippen LogP contribution in [0.2, 0.25) is 5.02 Å². The fourth-order valence-corrected chi connectivity index (χ4v) is 2.62. The van der Waals surface area contributed by atoms with Crippen LogP contribution >= 0.6 is 27.5 Å². The number of hydrogen-bond acceptors (Lipinski definition) is 2. The minimum Gasteiger partial charge on any atom is -0.369 e. The normalized spacial score (nSPS) is 10.8. The van der Waals surface area contributed by atoms with E-state index in [4.69, 9.17) is 17.3 Å². The third kappa shape index (κ3) is 2.64. The summed E-state index contributed by atoms with van der Waals surface area (Å²) >= 11 is 9.53. The molecule has 0 saturated heterocycles. The summed E-state index contributed by atoms with van der Waals surface area (Å²) in [4.78, 5) is 4.17. The molecule has 0 aliphatic rings. The van der Waals surface area contributed by atoms with E-state index < -0.39 is 0 Å². The summed E-state index contributed by atoms with van der Waals surface area (Å²) in [6.07, 6.45) is 1.72. The van der Waals surface area contributed by atoms with Gasteiger partial charge in [0.15, 0.2) is 0 Å². The zero-order chi connectivity index (χ0) is 12.4. The summed E-state index contributed by atoms with van der Waals surface area (Å²) in [5.74, 6) is 0.519. The van der Waals surface area contributed by atoms with Crippen LogP contribution in [-0.2, 0) is 19.9 Å². The maximum atomic E-state index is 6.12. The Bertz CT molecular complexity index is 537. The lowest BCUT2D eigenvalue weighted by atomic mass is 10.1. The SMILES string of the molecule is Cn1c(N)nc(Br)c1CCc1ccccc1Cl. The number of benzene rings is 1. The minimum absolute atomic E-state index is 0.519. The second-order valence-electron chi connectivity index (χ2n) is 3.86. The van der Waals surface area contributed by atoms with E-state index >= 15 is 0 Å². The summed E-state index contributed by atoms with van der Waals surface area (Å²) in [7, 11) is 1.91. The van der Waals surface area contributed by atoms with Gasteiger partial charge < -0.3 is 10.3 Å². The molecule has 0 aliphatic heterocycles. The van der Waals surface area contributed by atoms with Gasteiger partial charge in [-0.2, -0.15) is 0 Å². The molecule has 0 bridgehead atoms. The van der Waals surface area contributed by atoms with Gasteiger partial charge in [0.25, 0.3) is 0 Å². The molecule has 0 atom stereocenters. The van der Waals surface area contributed by atoms with Crippen LogP contribution in [0, 0.1) is 0 Å². The average Bonchev–Trinajstić information content (AvgIpc) is 2.53. The summed E-state index contributed by atoms with van der Waals surface area (Å²) in [6, 6.07) is 7.87. The molecule has 1 heterocycles. The van der Waals surface area contributed by atoms with Crippen molar-refractivity contribution in [1.82, 2.24) is 9.55 Å². The maximum Gasteiger partial charge on any atom is 0.201 e. The highest BCUT2D eigenvalue weighted by atomic mass is 79.9. The van der Waals surface area contributed by atoms with E-state index in [9.17, 15) is 0 Å². The van der Waals surface area contributed by atoms with Crippen molar-refractivity contribution in [2.75, 3.05) is 5.73 Å². The minimum atomic E-state index is 0.519. The number of nitrogens with two attached hydrogens (primary N) is 1. The molecule has 0 radical (unpaired) electrons. The van der Waals surface area contributed by atoms with Crippen molar-refractivity contribution >= 4 is 33.5 Å². The number of aromatic nitrogens is 2. The van der Waals surface area contributed by atoms with Gasteiger partial charge >= 0.3 is 0 Å². The first kappa shape index (κ1) is 12.5. The van der Waals surface area contributed by atoms with Crippen molar-refractivity contribution in [3.63, 3.8) is 0 Å². The second kappa shape index (κ2) is 5.10. The highest BCUT2D eigenvalue weighted by Crippen LogP contribution is 2.22. The van der Waals surface area contributed by atoms with Gasteiger partial charge in [0.2, 0.25) is 5.95 Å². The molecule has 0 aliphatic carbocycles. The summed E-state index contributed by atoms with van der Waals surface area (Å²) in [5.41, 5.74) is 7.96. The Morgan fingerprint density at radius 3 is 2.65 bits per heavy atom. The number of rotatable bonds is 3. The lowest BCUT2D eigenvalue weighted by Crippen LogP contribution is -2.03. The Labute approximate surface area is 114 Å². The highest BCUT2D eigenvalue weighted by Gasteiger charge is 2.10. The van der Waals surface area contributed by atoms with Crippen molar-refractivity contribution in [2.45, 2.75) is 12.8 Å². The van der Waals surface area contributed by atoms with Crippen LogP contribution < -0.4 is 5.73 Å².